The van der Waals surface area contributed by atoms with Crippen LogP contribution < -0.4 is 5.01 Å². The number of hydrogen-bond acceptors (Lipinski definition) is 2. The summed E-state index contributed by atoms with van der Waals surface area (Å²) in [5, 5.41) is 1.86. The molecule has 0 aliphatic rings. The second kappa shape index (κ2) is 4.52. The number of benzene rings is 1. The summed E-state index contributed by atoms with van der Waals surface area (Å²) in [4.78, 5) is 4.31. The highest BCUT2D eigenvalue weighted by molar-refractivity contribution is 6.24. The molecule has 2 unspecified atom stereocenters. The average Bonchev–Trinajstić information content (AvgIpc) is 2.61. The van der Waals surface area contributed by atoms with Gasteiger partial charge in [-0.15, -0.1) is 0 Å². The maximum atomic E-state index is 6.12. The SMILES string of the molecule is CC(Cl)N(C(C)Cl)n1cnc2ccccc21. The van der Waals surface area contributed by atoms with Crippen LogP contribution in [0.4, 0.5) is 0 Å². The van der Waals surface area contributed by atoms with Crippen LogP contribution in [0.1, 0.15) is 13.8 Å². The van der Waals surface area contributed by atoms with E-state index in [1.54, 1.807) is 6.33 Å². The molecule has 2 rings (SSSR count). The minimum Gasteiger partial charge on any atom is -0.276 e. The van der Waals surface area contributed by atoms with Gasteiger partial charge >= 0.3 is 0 Å². The van der Waals surface area contributed by atoms with Crippen LogP contribution in [-0.4, -0.2) is 20.7 Å². The first-order valence-electron chi connectivity index (χ1n) is 5.10. The summed E-state index contributed by atoms with van der Waals surface area (Å²) in [5.41, 5.74) is 1.53. The molecule has 0 bridgehead atoms. The standard InChI is InChI=1S/C11H13Cl2N3/c1-8(12)16(9(2)13)15-7-14-10-5-3-4-6-11(10)15/h3-9H,1-2H3. The molecule has 86 valence electrons. The molecule has 16 heavy (non-hydrogen) atoms. The monoisotopic (exact) mass is 257 g/mol. The Morgan fingerprint density at radius 2 is 1.81 bits per heavy atom. The van der Waals surface area contributed by atoms with Crippen LogP contribution >= 0.6 is 23.2 Å². The van der Waals surface area contributed by atoms with Crippen LogP contribution in [0.3, 0.4) is 0 Å². The summed E-state index contributed by atoms with van der Waals surface area (Å²) >= 11 is 12.2. The fraction of sp³-hybridized carbons (Fsp3) is 0.364. The maximum absolute atomic E-state index is 6.12. The van der Waals surface area contributed by atoms with Gasteiger partial charge < -0.3 is 0 Å². The summed E-state index contributed by atoms with van der Waals surface area (Å²) in [7, 11) is 0. The second-order valence-corrected chi connectivity index (χ2v) is 4.87. The fourth-order valence-electron chi connectivity index (χ4n) is 1.76. The summed E-state index contributed by atoms with van der Waals surface area (Å²) in [6.45, 7) is 3.77. The molecule has 0 aliphatic heterocycles. The lowest BCUT2D eigenvalue weighted by Crippen LogP contribution is -2.43. The highest BCUT2D eigenvalue weighted by Crippen LogP contribution is 2.18. The topological polar surface area (TPSA) is 21.1 Å². The largest absolute Gasteiger partial charge is 0.276 e. The van der Waals surface area contributed by atoms with Crippen molar-refractivity contribution >= 4 is 34.2 Å². The molecule has 2 aromatic rings. The molecule has 0 spiro atoms. The van der Waals surface area contributed by atoms with E-state index in [2.05, 4.69) is 4.98 Å². The van der Waals surface area contributed by atoms with Crippen LogP contribution in [0, 0.1) is 0 Å². The van der Waals surface area contributed by atoms with Crippen molar-refractivity contribution < 1.29 is 0 Å². The number of fused-ring (bicyclic) bond motifs is 1. The van der Waals surface area contributed by atoms with E-state index < -0.39 is 0 Å². The third-order valence-corrected chi connectivity index (χ3v) is 2.81. The van der Waals surface area contributed by atoms with E-state index in [4.69, 9.17) is 23.2 Å². The van der Waals surface area contributed by atoms with Crippen LogP contribution in [0.15, 0.2) is 30.6 Å². The van der Waals surface area contributed by atoms with Gasteiger partial charge in [-0.1, -0.05) is 35.3 Å². The van der Waals surface area contributed by atoms with Crippen molar-refractivity contribution in [2.24, 2.45) is 0 Å². The molecule has 1 aromatic carbocycles. The number of alkyl halides is 2. The zero-order chi connectivity index (χ0) is 11.7. The minimum absolute atomic E-state index is 0.204. The lowest BCUT2D eigenvalue weighted by Gasteiger charge is -2.30. The molecule has 0 fully saturated rings. The number of para-hydroxylation sites is 2. The van der Waals surface area contributed by atoms with E-state index in [0.717, 1.165) is 11.0 Å². The Hall–Kier alpha value is -0.930. The molecule has 3 nitrogen and oxygen atoms in total. The summed E-state index contributed by atoms with van der Waals surface area (Å²) < 4.78 is 1.89. The van der Waals surface area contributed by atoms with Gasteiger partial charge in [-0.25, -0.2) is 9.66 Å². The van der Waals surface area contributed by atoms with Crippen LogP contribution in [-0.2, 0) is 0 Å². The van der Waals surface area contributed by atoms with Gasteiger partial charge in [-0.05, 0) is 26.0 Å². The molecular formula is C11H13Cl2N3. The molecule has 0 radical (unpaired) electrons. The van der Waals surface area contributed by atoms with Gasteiger partial charge in [0, 0.05) is 0 Å². The minimum atomic E-state index is -0.204. The Balaban J connectivity index is 2.53. The highest BCUT2D eigenvalue weighted by atomic mass is 35.5. The molecule has 0 aliphatic carbocycles. The van der Waals surface area contributed by atoms with Crippen molar-refractivity contribution in [3.63, 3.8) is 0 Å². The Bertz CT molecular complexity index is 471. The van der Waals surface area contributed by atoms with Crippen LogP contribution in [0.5, 0.6) is 0 Å². The van der Waals surface area contributed by atoms with Gasteiger partial charge in [0.25, 0.3) is 0 Å². The average molecular weight is 258 g/mol. The predicted octanol–water partition coefficient (Wildman–Crippen LogP) is 3.14. The normalized spacial score (nSPS) is 15.0. The summed E-state index contributed by atoms with van der Waals surface area (Å²) in [6, 6.07) is 7.88. The van der Waals surface area contributed by atoms with Crippen molar-refractivity contribution in [3.05, 3.63) is 30.6 Å². The van der Waals surface area contributed by atoms with Gasteiger partial charge in [0.15, 0.2) is 0 Å². The Kier molecular flexibility index (Phi) is 3.26. The molecular weight excluding hydrogens is 245 g/mol. The lowest BCUT2D eigenvalue weighted by molar-refractivity contribution is 0.575. The first-order chi connectivity index (χ1) is 7.61. The third kappa shape index (κ3) is 1.97. The Morgan fingerprint density at radius 3 is 2.44 bits per heavy atom. The molecule has 0 amide bonds. The molecule has 5 heteroatoms. The maximum Gasteiger partial charge on any atom is 0.118 e. The van der Waals surface area contributed by atoms with E-state index >= 15 is 0 Å². The Morgan fingerprint density at radius 1 is 1.19 bits per heavy atom. The van der Waals surface area contributed by atoms with E-state index in [0.29, 0.717) is 0 Å². The number of halogens is 2. The molecule has 0 N–H and O–H groups in total. The highest BCUT2D eigenvalue weighted by Gasteiger charge is 2.18. The predicted molar refractivity (Wildman–Crippen MR) is 68.6 cm³/mol. The first-order valence-corrected chi connectivity index (χ1v) is 5.97. The molecule has 2 atom stereocenters. The van der Waals surface area contributed by atoms with Crippen molar-refractivity contribution in [3.8, 4) is 0 Å². The van der Waals surface area contributed by atoms with E-state index in [1.807, 2.05) is 47.8 Å². The zero-order valence-corrected chi connectivity index (χ0v) is 10.7. The van der Waals surface area contributed by atoms with E-state index in [-0.39, 0.29) is 11.0 Å². The van der Waals surface area contributed by atoms with E-state index in [9.17, 15) is 0 Å². The number of nitrogens with zero attached hydrogens (tertiary/aromatic N) is 3. The number of hydrogen-bond donors (Lipinski definition) is 0. The number of rotatable bonds is 3. The van der Waals surface area contributed by atoms with Crippen LogP contribution in [0.25, 0.3) is 11.0 Å². The quantitative estimate of drug-likeness (QED) is 0.623. The summed E-state index contributed by atoms with van der Waals surface area (Å²) in [5.74, 6) is 0. The van der Waals surface area contributed by atoms with E-state index in [1.165, 1.54) is 0 Å². The van der Waals surface area contributed by atoms with Crippen molar-refractivity contribution in [2.45, 2.75) is 24.8 Å². The fourth-order valence-corrected chi connectivity index (χ4v) is 2.34. The van der Waals surface area contributed by atoms with Crippen molar-refractivity contribution in [1.29, 1.82) is 0 Å². The molecule has 0 saturated carbocycles. The van der Waals surface area contributed by atoms with Crippen molar-refractivity contribution in [2.75, 3.05) is 5.01 Å². The van der Waals surface area contributed by atoms with Gasteiger partial charge in [0.05, 0.1) is 11.0 Å². The Labute approximate surface area is 105 Å². The van der Waals surface area contributed by atoms with Gasteiger partial charge in [0.1, 0.15) is 17.3 Å². The third-order valence-electron chi connectivity index (χ3n) is 2.41. The molecule has 1 aromatic heterocycles. The lowest BCUT2D eigenvalue weighted by atomic mass is 10.3. The number of imidazole rings is 1. The summed E-state index contributed by atoms with van der Waals surface area (Å²) in [6.07, 6.45) is 1.74. The zero-order valence-electron chi connectivity index (χ0n) is 9.14. The van der Waals surface area contributed by atoms with Gasteiger partial charge in [-0.2, -0.15) is 0 Å². The van der Waals surface area contributed by atoms with Gasteiger partial charge in [-0.3, -0.25) is 5.01 Å². The van der Waals surface area contributed by atoms with Crippen LogP contribution in [0.2, 0.25) is 0 Å². The molecule has 1 heterocycles. The number of aromatic nitrogens is 2. The smallest absolute Gasteiger partial charge is 0.118 e. The second-order valence-electron chi connectivity index (χ2n) is 3.61. The molecule has 0 saturated heterocycles. The van der Waals surface area contributed by atoms with Gasteiger partial charge in [0.2, 0.25) is 0 Å². The first kappa shape index (κ1) is 11.6. The van der Waals surface area contributed by atoms with Crippen molar-refractivity contribution in [1.82, 2.24) is 9.66 Å².